The van der Waals surface area contributed by atoms with Crippen molar-refractivity contribution in [3.05, 3.63) is 21.9 Å². The minimum atomic E-state index is 0.628. The number of aryl methyl sites for hydroxylation is 1. The van der Waals surface area contributed by atoms with E-state index in [0.29, 0.717) is 6.04 Å². The highest BCUT2D eigenvalue weighted by atomic mass is 32.2. The molecule has 1 aliphatic heterocycles. The molecule has 0 amide bonds. The lowest BCUT2D eigenvalue weighted by Gasteiger charge is -2.24. The number of hydrogen-bond donors (Lipinski definition) is 1. The SMILES string of the molecule is CCC1CCSC(=NCc2cscc2C)N1. The van der Waals surface area contributed by atoms with Crippen LogP contribution in [0.4, 0.5) is 0 Å². The van der Waals surface area contributed by atoms with E-state index in [1.54, 1.807) is 11.3 Å². The summed E-state index contributed by atoms with van der Waals surface area (Å²) in [5.74, 6) is 1.20. The van der Waals surface area contributed by atoms with Gasteiger partial charge in [0.05, 0.1) is 6.54 Å². The molecule has 0 aliphatic carbocycles. The third-order valence-corrected chi connectivity index (χ3v) is 4.75. The minimum absolute atomic E-state index is 0.628. The monoisotopic (exact) mass is 254 g/mol. The van der Waals surface area contributed by atoms with Gasteiger partial charge in [-0.05, 0) is 41.7 Å². The van der Waals surface area contributed by atoms with Gasteiger partial charge in [0, 0.05) is 11.8 Å². The summed E-state index contributed by atoms with van der Waals surface area (Å²) in [7, 11) is 0. The molecule has 2 nitrogen and oxygen atoms in total. The van der Waals surface area contributed by atoms with Gasteiger partial charge in [-0.15, -0.1) is 0 Å². The molecule has 1 aromatic heterocycles. The van der Waals surface area contributed by atoms with E-state index in [0.717, 1.165) is 11.7 Å². The Balaban J connectivity index is 1.94. The quantitative estimate of drug-likeness (QED) is 0.894. The molecule has 1 atom stereocenters. The zero-order valence-corrected chi connectivity index (χ0v) is 11.5. The molecule has 1 aromatic rings. The molecule has 1 fully saturated rings. The average Bonchev–Trinajstić information content (AvgIpc) is 2.72. The van der Waals surface area contributed by atoms with Gasteiger partial charge in [0.25, 0.3) is 0 Å². The summed E-state index contributed by atoms with van der Waals surface area (Å²) in [6, 6.07) is 0.628. The van der Waals surface area contributed by atoms with Gasteiger partial charge in [0.2, 0.25) is 0 Å². The van der Waals surface area contributed by atoms with Crippen LogP contribution in [0.1, 0.15) is 30.9 Å². The van der Waals surface area contributed by atoms with Gasteiger partial charge in [-0.1, -0.05) is 18.7 Å². The number of nitrogens with one attached hydrogen (secondary N) is 1. The summed E-state index contributed by atoms with van der Waals surface area (Å²) in [5.41, 5.74) is 2.72. The first-order chi connectivity index (χ1) is 7.79. The van der Waals surface area contributed by atoms with E-state index in [4.69, 9.17) is 0 Å². The summed E-state index contributed by atoms with van der Waals surface area (Å²) < 4.78 is 0. The normalized spacial score (nSPS) is 23.4. The van der Waals surface area contributed by atoms with Crippen molar-refractivity contribution in [2.24, 2.45) is 4.99 Å². The van der Waals surface area contributed by atoms with Crippen molar-refractivity contribution in [2.75, 3.05) is 5.75 Å². The van der Waals surface area contributed by atoms with E-state index in [2.05, 4.69) is 34.9 Å². The average molecular weight is 254 g/mol. The van der Waals surface area contributed by atoms with Crippen LogP contribution in [0.3, 0.4) is 0 Å². The van der Waals surface area contributed by atoms with Gasteiger partial charge in [-0.2, -0.15) is 11.3 Å². The highest BCUT2D eigenvalue weighted by Crippen LogP contribution is 2.18. The Hall–Kier alpha value is -0.480. The van der Waals surface area contributed by atoms with Crippen LogP contribution >= 0.6 is 23.1 Å². The smallest absolute Gasteiger partial charge is 0.157 e. The first kappa shape index (κ1) is 12.0. The fourth-order valence-electron chi connectivity index (χ4n) is 1.69. The maximum atomic E-state index is 4.66. The maximum absolute atomic E-state index is 4.66. The molecule has 4 heteroatoms. The molecule has 0 aromatic carbocycles. The first-order valence-corrected chi connectivity index (χ1v) is 7.68. The van der Waals surface area contributed by atoms with Crippen molar-refractivity contribution in [3.8, 4) is 0 Å². The lowest BCUT2D eigenvalue weighted by atomic mass is 10.2. The zero-order chi connectivity index (χ0) is 11.4. The molecular weight excluding hydrogens is 236 g/mol. The summed E-state index contributed by atoms with van der Waals surface area (Å²) in [6.45, 7) is 5.21. The second-order valence-corrected chi connectivity index (χ2v) is 5.92. The Morgan fingerprint density at radius 1 is 1.50 bits per heavy atom. The number of thioether (sulfide) groups is 1. The largest absolute Gasteiger partial charge is 0.362 e. The zero-order valence-electron chi connectivity index (χ0n) is 9.82. The van der Waals surface area contributed by atoms with E-state index >= 15 is 0 Å². The van der Waals surface area contributed by atoms with Gasteiger partial charge >= 0.3 is 0 Å². The van der Waals surface area contributed by atoms with Crippen molar-refractivity contribution >= 4 is 28.3 Å². The standard InChI is InChI=1S/C12H18N2S2/c1-3-11-4-5-16-12(14-11)13-6-10-8-15-7-9(10)2/h7-8,11H,3-6H2,1-2H3,(H,13,14). The molecule has 2 rings (SSSR count). The fraction of sp³-hybridized carbons (Fsp3) is 0.583. The Bertz CT molecular complexity index is 371. The number of nitrogens with zero attached hydrogens (tertiary/aromatic N) is 1. The number of rotatable bonds is 3. The summed E-state index contributed by atoms with van der Waals surface area (Å²) >= 11 is 3.61. The third kappa shape index (κ3) is 3.01. The molecule has 88 valence electrons. The Kier molecular flexibility index (Phi) is 4.29. The van der Waals surface area contributed by atoms with Crippen LogP contribution in [0, 0.1) is 6.92 Å². The van der Waals surface area contributed by atoms with Crippen molar-refractivity contribution in [3.63, 3.8) is 0 Å². The molecule has 0 bridgehead atoms. The number of thiophene rings is 1. The van der Waals surface area contributed by atoms with Gasteiger partial charge in [-0.3, -0.25) is 4.99 Å². The predicted molar refractivity (Wildman–Crippen MR) is 74.5 cm³/mol. The first-order valence-electron chi connectivity index (χ1n) is 5.75. The molecule has 1 N–H and O–H groups in total. The van der Waals surface area contributed by atoms with Gasteiger partial charge in [-0.25, -0.2) is 0 Å². The van der Waals surface area contributed by atoms with Gasteiger partial charge < -0.3 is 5.32 Å². The summed E-state index contributed by atoms with van der Waals surface area (Å²) in [5, 5.41) is 9.01. The minimum Gasteiger partial charge on any atom is -0.362 e. The fourth-order valence-corrected chi connectivity index (χ4v) is 3.54. The molecule has 1 unspecified atom stereocenters. The van der Waals surface area contributed by atoms with Crippen LogP contribution in [0.5, 0.6) is 0 Å². The number of hydrogen-bond acceptors (Lipinski definition) is 3. The van der Waals surface area contributed by atoms with Gasteiger partial charge in [0.1, 0.15) is 0 Å². The van der Waals surface area contributed by atoms with Crippen molar-refractivity contribution in [1.29, 1.82) is 0 Å². The van der Waals surface area contributed by atoms with Crippen molar-refractivity contribution < 1.29 is 0 Å². The molecule has 1 saturated heterocycles. The molecule has 0 radical (unpaired) electrons. The molecule has 2 heterocycles. The van der Waals surface area contributed by atoms with E-state index in [9.17, 15) is 0 Å². The Labute approximate surface area is 106 Å². The van der Waals surface area contributed by atoms with Gasteiger partial charge in [0.15, 0.2) is 5.17 Å². The second-order valence-electron chi connectivity index (χ2n) is 4.09. The number of aliphatic imine (C=N–C) groups is 1. The Morgan fingerprint density at radius 3 is 3.06 bits per heavy atom. The van der Waals surface area contributed by atoms with E-state index < -0.39 is 0 Å². The lowest BCUT2D eigenvalue weighted by Crippen LogP contribution is -2.37. The van der Waals surface area contributed by atoms with Crippen LogP contribution in [0.25, 0.3) is 0 Å². The molecule has 16 heavy (non-hydrogen) atoms. The van der Waals surface area contributed by atoms with E-state index in [-0.39, 0.29) is 0 Å². The maximum Gasteiger partial charge on any atom is 0.157 e. The van der Waals surface area contributed by atoms with Crippen LogP contribution < -0.4 is 5.32 Å². The van der Waals surface area contributed by atoms with Crippen LogP contribution in [0.2, 0.25) is 0 Å². The Morgan fingerprint density at radius 2 is 2.38 bits per heavy atom. The topological polar surface area (TPSA) is 24.4 Å². The summed E-state index contributed by atoms with van der Waals surface area (Å²) in [4.78, 5) is 4.66. The molecule has 1 aliphatic rings. The number of amidine groups is 1. The highest BCUT2D eigenvalue weighted by Gasteiger charge is 2.15. The van der Waals surface area contributed by atoms with Crippen molar-refractivity contribution in [2.45, 2.75) is 39.3 Å². The second kappa shape index (κ2) is 5.73. The third-order valence-electron chi connectivity index (χ3n) is 2.88. The molecule has 0 saturated carbocycles. The van der Waals surface area contributed by atoms with Crippen molar-refractivity contribution in [1.82, 2.24) is 5.32 Å². The lowest BCUT2D eigenvalue weighted by molar-refractivity contribution is 0.570. The van der Waals surface area contributed by atoms with Crippen LogP contribution in [-0.2, 0) is 6.54 Å². The summed E-state index contributed by atoms with van der Waals surface area (Å²) in [6.07, 6.45) is 2.45. The van der Waals surface area contributed by atoms with E-state index in [1.165, 1.54) is 29.7 Å². The highest BCUT2D eigenvalue weighted by molar-refractivity contribution is 8.13. The van der Waals surface area contributed by atoms with Crippen LogP contribution in [0.15, 0.2) is 15.8 Å². The predicted octanol–water partition coefficient (Wildman–Crippen LogP) is 3.42. The van der Waals surface area contributed by atoms with Crippen LogP contribution in [-0.4, -0.2) is 17.0 Å². The molecular formula is C12H18N2S2. The molecule has 0 spiro atoms. The van der Waals surface area contributed by atoms with E-state index in [1.807, 2.05) is 11.8 Å².